The van der Waals surface area contributed by atoms with Crippen LogP contribution in [0.2, 0.25) is 0 Å². The van der Waals surface area contributed by atoms with Crippen molar-refractivity contribution in [2.24, 2.45) is 0 Å². The first-order chi connectivity index (χ1) is 12.9. The zero-order valence-corrected chi connectivity index (χ0v) is 15.6. The molecule has 2 N–H and O–H groups in total. The van der Waals surface area contributed by atoms with Gasteiger partial charge in [0.05, 0.1) is 11.7 Å². The average Bonchev–Trinajstić information content (AvgIpc) is 3.02. The molecule has 0 aliphatic rings. The van der Waals surface area contributed by atoms with Gasteiger partial charge in [-0.1, -0.05) is 18.1 Å². The molecule has 1 aromatic heterocycles. The summed E-state index contributed by atoms with van der Waals surface area (Å²) in [5, 5.41) is 12.7. The molecule has 3 aromatic rings. The molecule has 2 aromatic carbocycles. The maximum absolute atomic E-state index is 13.0. The molecule has 0 spiro atoms. The standard InChI is InChI=1S/C21H17FN2O2S/c1-13(16-6-8-17(22)9-7-16)24-21(26)20-14(2)23-19(27-20)12-5-15-3-10-18(25)11-4-15/h3-4,6-11,13,25H,1-2H3,(H,24,26). The number of rotatable bonds is 3. The Bertz CT molecular complexity index is 1020. The number of carbonyl (C=O) groups is 1. The van der Waals surface area contributed by atoms with E-state index in [1.54, 1.807) is 43.3 Å². The minimum atomic E-state index is -0.313. The number of phenols is 1. The minimum absolute atomic E-state index is 0.180. The molecule has 1 unspecified atom stereocenters. The number of hydrogen-bond acceptors (Lipinski definition) is 4. The number of nitrogens with one attached hydrogen (secondary N) is 1. The molecule has 1 amide bonds. The summed E-state index contributed by atoms with van der Waals surface area (Å²) in [6.07, 6.45) is 0. The first kappa shape index (κ1) is 18.6. The van der Waals surface area contributed by atoms with Gasteiger partial charge in [0, 0.05) is 5.56 Å². The van der Waals surface area contributed by atoms with Crippen LogP contribution in [0.25, 0.3) is 0 Å². The van der Waals surface area contributed by atoms with Crippen molar-refractivity contribution in [1.29, 1.82) is 0 Å². The van der Waals surface area contributed by atoms with Crippen LogP contribution in [0.15, 0.2) is 48.5 Å². The SMILES string of the molecule is Cc1nc(C#Cc2ccc(O)cc2)sc1C(=O)NC(C)c1ccc(F)cc1. The number of benzene rings is 2. The Morgan fingerprint density at radius 2 is 1.81 bits per heavy atom. The number of halogens is 1. The lowest BCUT2D eigenvalue weighted by Crippen LogP contribution is -2.26. The second-order valence-corrected chi connectivity index (χ2v) is 6.98. The number of aryl methyl sites for hydroxylation is 1. The highest BCUT2D eigenvalue weighted by molar-refractivity contribution is 7.14. The van der Waals surface area contributed by atoms with Gasteiger partial charge in [-0.15, -0.1) is 11.3 Å². The van der Waals surface area contributed by atoms with E-state index >= 15 is 0 Å². The van der Waals surface area contributed by atoms with E-state index in [2.05, 4.69) is 22.1 Å². The first-order valence-electron chi connectivity index (χ1n) is 8.27. The fourth-order valence-corrected chi connectivity index (χ4v) is 3.25. The third-order valence-corrected chi connectivity index (χ3v) is 4.97. The highest BCUT2D eigenvalue weighted by atomic mass is 32.1. The quantitative estimate of drug-likeness (QED) is 0.670. The van der Waals surface area contributed by atoms with Crippen LogP contribution in [0, 0.1) is 24.6 Å². The van der Waals surface area contributed by atoms with Crippen molar-refractivity contribution in [3.8, 4) is 17.6 Å². The predicted octanol–water partition coefficient (Wildman–Crippen LogP) is 4.19. The third kappa shape index (κ3) is 4.72. The van der Waals surface area contributed by atoms with Crippen molar-refractivity contribution in [2.45, 2.75) is 19.9 Å². The first-order valence-corrected chi connectivity index (χ1v) is 9.09. The monoisotopic (exact) mass is 380 g/mol. The topological polar surface area (TPSA) is 62.2 Å². The molecule has 0 bridgehead atoms. The number of thiazole rings is 1. The maximum Gasteiger partial charge on any atom is 0.263 e. The molecule has 0 saturated carbocycles. The molecule has 1 atom stereocenters. The van der Waals surface area contributed by atoms with E-state index in [0.717, 1.165) is 11.1 Å². The van der Waals surface area contributed by atoms with Gasteiger partial charge in [-0.25, -0.2) is 9.37 Å². The lowest BCUT2D eigenvalue weighted by Gasteiger charge is -2.13. The Morgan fingerprint density at radius 1 is 1.15 bits per heavy atom. The largest absolute Gasteiger partial charge is 0.508 e. The molecule has 27 heavy (non-hydrogen) atoms. The summed E-state index contributed by atoms with van der Waals surface area (Å²) in [6.45, 7) is 3.60. The highest BCUT2D eigenvalue weighted by Crippen LogP contribution is 2.20. The van der Waals surface area contributed by atoms with Crippen LogP contribution in [0.1, 0.15) is 44.5 Å². The van der Waals surface area contributed by atoms with Gasteiger partial charge in [0.1, 0.15) is 16.4 Å². The lowest BCUT2D eigenvalue weighted by molar-refractivity contribution is 0.0943. The zero-order chi connectivity index (χ0) is 19.4. The van der Waals surface area contributed by atoms with Gasteiger partial charge < -0.3 is 10.4 Å². The second-order valence-electron chi connectivity index (χ2n) is 5.98. The number of phenolic OH excluding ortho intramolecular Hbond substituents is 1. The summed E-state index contributed by atoms with van der Waals surface area (Å²) < 4.78 is 13.0. The molecular formula is C21H17FN2O2S. The maximum atomic E-state index is 13.0. The fourth-order valence-electron chi connectivity index (χ4n) is 2.43. The Labute approximate surface area is 160 Å². The van der Waals surface area contributed by atoms with E-state index in [1.807, 2.05) is 6.92 Å². The van der Waals surface area contributed by atoms with E-state index < -0.39 is 0 Å². The number of amides is 1. The summed E-state index contributed by atoms with van der Waals surface area (Å²) in [5.74, 6) is 5.53. The van der Waals surface area contributed by atoms with Crippen LogP contribution >= 0.6 is 11.3 Å². The summed E-state index contributed by atoms with van der Waals surface area (Å²) in [6, 6.07) is 12.3. The molecule has 0 aliphatic heterocycles. The van der Waals surface area contributed by atoms with E-state index in [0.29, 0.717) is 15.6 Å². The number of hydrogen-bond donors (Lipinski definition) is 2. The normalized spacial score (nSPS) is 11.4. The Hall–Kier alpha value is -3.17. The second kappa shape index (κ2) is 8.02. The van der Waals surface area contributed by atoms with Crippen LogP contribution in [-0.4, -0.2) is 16.0 Å². The smallest absolute Gasteiger partial charge is 0.263 e. The molecule has 0 saturated heterocycles. The number of nitrogens with zero attached hydrogens (tertiary/aromatic N) is 1. The Kier molecular flexibility index (Phi) is 5.53. The van der Waals surface area contributed by atoms with Crippen LogP contribution in [0.5, 0.6) is 5.75 Å². The van der Waals surface area contributed by atoms with E-state index in [9.17, 15) is 14.3 Å². The predicted molar refractivity (Wildman–Crippen MR) is 103 cm³/mol. The van der Waals surface area contributed by atoms with Crippen molar-refractivity contribution in [1.82, 2.24) is 10.3 Å². The van der Waals surface area contributed by atoms with E-state index in [1.165, 1.54) is 23.5 Å². The minimum Gasteiger partial charge on any atom is -0.508 e. The third-order valence-electron chi connectivity index (χ3n) is 3.90. The van der Waals surface area contributed by atoms with Gasteiger partial charge in [0.25, 0.3) is 5.91 Å². The van der Waals surface area contributed by atoms with Crippen molar-refractivity contribution < 1.29 is 14.3 Å². The van der Waals surface area contributed by atoms with Gasteiger partial charge in [-0.05, 0) is 61.7 Å². The molecule has 0 aliphatic carbocycles. The average molecular weight is 380 g/mol. The van der Waals surface area contributed by atoms with Gasteiger partial charge in [0.2, 0.25) is 0 Å². The van der Waals surface area contributed by atoms with E-state index in [4.69, 9.17) is 0 Å². The lowest BCUT2D eigenvalue weighted by atomic mass is 10.1. The summed E-state index contributed by atoms with van der Waals surface area (Å²) in [7, 11) is 0. The Morgan fingerprint density at radius 3 is 2.48 bits per heavy atom. The van der Waals surface area contributed by atoms with Crippen LogP contribution in [0.4, 0.5) is 4.39 Å². The van der Waals surface area contributed by atoms with Gasteiger partial charge in [0.15, 0.2) is 5.01 Å². The van der Waals surface area contributed by atoms with Crippen molar-refractivity contribution in [2.75, 3.05) is 0 Å². The Balaban J connectivity index is 1.73. The van der Waals surface area contributed by atoms with Crippen molar-refractivity contribution in [3.05, 3.63) is 81.1 Å². The van der Waals surface area contributed by atoms with Gasteiger partial charge in [-0.2, -0.15) is 0 Å². The summed E-state index contributed by atoms with van der Waals surface area (Å²) in [5.41, 5.74) is 2.18. The van der Waals surface area contributed by atoms with Gasteiger partial charge in [-0.3, -0.25) is 4.79 Å². The molecule has 3 rings (SSSR count). The fraction of sp³-hybridized carbons (Fsp3) is 0.143. The highest BCUT2D eigenvalue weighted by Gasteiger charge is 2.17. The molecule has 0 radical (unpaired) electrons. The summed E-state index contributed by atoms with van der Waals surface area (Å²) >= 11 is 1.22. The van der Waals surface area contributed by atoms with Crippen molar-refractivity contribution in [3.63, 3.8) is 0 Å². The molecule has 0 fully saturated rings. The van der Waals surface area contributed by atoms with Crippen LogP contribution in [0.3, 0.4) is 0 Å². The molecule has 1 heterocycles. The number of aromatic hydroxyl groups is 1. The number of aromatic nitrogens is 1. The van der Waals surface area contributed by atoms with Gasteiger partial charge >= 0.3 is 0 Å². The molecule has 4 nitrogen and oxygen atoms in total. The molecule has 6 heteroatoms. The molecule has 136 valence electrons. The van der Waals surface area contributed by atoms with E-state index in [-0.39, 0.29) is 23.5 Å². The zero-order valence-electron chi connectivity index (χ0n) is 14.8. The van der Waals surface area contributed by atoms with Crippen molar-refractivity contribution >= 4 is 17.2 Å². The van der Waals surface area contributed by atoms with Crippen LogP contribution < -0.4 is 5.32 Å². The summed E-state index contributed by atoms with van der Waals surface area (Å²) in [4.78, 5) is 17.4. The molecular weight excluding hydrogens is 363 g/mol. The number of carbonyl (C=O) groups excluding carboxylic acids is 1. The van der Waals surface area contributed by atoms with Crippen LogP contribution in [-0.2, 0) is 0 Å².